The molecule has 0 N–H and O–H groups in total. The minimum Gasteiger partial charge on any atom is -0.302 e. The Morgan fingerprint density at radius 1 is 1.43 bits per heavy atom. The number of halogens is 3. The van der Waals surface area contributed by atoms with E-state index in [9.17, 15) is 18.0 Å². The van der Waals surface area contributed by atoms with Gasteiger partial charge < -0.3 is 4.90 Å². The monoisotopic (exact) mass is 299 g/mol. The third-order valence-corrected chi connectivity index (χ3v) is 3.32. The van der Waals surface area contributed by atoms with Crippen molar-refractivity contribution in [2.24, 2.45) is 5.10 Å². The van der Waals surface area contributed by atoms with Crippen LogP contribution in [0.1, 0.15) is 25.3 Å². The van der Waals surface area contributed by atoms with E-state index >= 15 is 0 Å². The lowest BCUT2D eigenvalue weighted by Crippen LogP contribution is -2.31. The van der Waals surface area contributed by atoms with E-state index in [1.165, 1.54) is 16.0 Å². The molecular weight excluding hydrogens is 283 g/mol. The number of carbonyl (C=O) groups excluding carboxylic acids is 1. The van der Waals surface area contributed by atoms with Crippen molar-refractivity contribution in [3.8, 4) is 0 Å². The van der Waals surface area contributed by atoms with E-state index in [2.05, 4.69) is 5.10 Å². The van der Waals surface area contributed by atoms with E-state index in [0.29, 0.717) is 30.9 Å². The summed E-state index contributed by atoms with van der Waals surface area (Å²) in [4.78, 5) is 13.1. The van der Waals surface area contributed by atoms with Crippen LogP contribution in [-0.4, -0.2) is 30.2 Å². The second kappa shape index (κ2) is 5.75. The molecule has 1 heterocycles. The summed E-state index contributed by atoms with van der Waals surface area (Å²) in [6.07, 6.45) is -3.49. The molecule has 1 aromatic carbocycles. The molecule has 4 nitrogen and oxygen atoms in total. The van der Waals surface area contributed by atoms with Crippen LogP contribution in [0.4, 0.5) is 18.9 Å². The fraction of sp³-hybridized carbons (Fsp3) is 0.429. The topological polar surface area (TPSA) is 35.9 Å². The molecule has 0 unspecified atom stereocenters. The highest BCUT2D eigenvalue weighted by Gasteiger charge is 2.31. The molecule has 0 bridgehead atoms. The number of amides is 1. The second-order valence-corrected chi connectivity index (χ2v) is 4.74. The number of rotatable bonds is 2. The van der Waals surface area contributed by atoms with Gasteiger partial charge in [0.1, 0.15) is 5.84 Å². The summed E-state index contributed by atoms with van der Waals surface area (Å²) in [6, 6.07) is 5.01. The molecule has 0 spiro atoms. The van der Waals surface area contributed by atoms with E-state index < -0.39 is 11.7 Å². The number of hydrazone groups is 1. The Kier molecular flexibility index (Phi) is 4.20. The van der Waals surface area contributed by atoms with Crippen molar-refractivity contribution in [1.82, 2.24) is 4.90 Å². The van der Waals surface area contributed by atoms with Gasteiger partial charge in [0.2, 0.25) is 5.91 Å². The summed E-state index contributed by atoms with van der Waals surface area (Å²) in [5, 5.41) is 5.73. The first-order valence-electron chi connectivity index (χ1n) is 6.61. The van der Waals surface area contributed by atoms with E-state index in [0.717, 1.165) is 12.1 Å². The number of carbonyl (C=O) groups is 1. The zero-order chi connectivity index (χ0) is 15.6. The van der Waals surface area contributed by atoms with Gasteiger partial charge in [-0.1, -0.05) is 13.0 Å². The van der Waals surface area contributed by atoms with Gasteiger partial charge in [-0.2, -0.15) is 18.3 Å². The van der Waals surface area contributed by atoms with Gasteiger partial charge in [0.15, 0.2) is 0 Å². The molecule has 21 heavy (non-hydrogen) atoms. The highest BCUT2D eigenvalue weighted by molar-refractivity contribution is 5.99. The predicted octanol–water partition coefficient (Wildman–Crippen LogP) is 3.10. The molecule has 0 fully saturated rings. The minimum absolute atomic E-state index is 0.0698. The Labute approximate surface area is 120 Å². The Morgan fingerprint density at radius 3 is 2.76 bits per heavy atom. The molecule has 1 amide bonds. The lowest BCUT2D eigenvalue weighted by Gasteiger charge is -2.16. The summed E-state index contributed by atoms with van der Waals surface area (Å²) >= 11 is 0. The molecule has 0 aliphatic carbocycles. The first-order chi connectivity index (χ1) is 9.82. The lowest BCUT2D eigenvalue weighted by molar-refractivity contribution is -0.137. The fourth-order valence-corrected chi connectivity index (χ4v) is 2.09. The van der Waals surface area contributed by atoms with Crippen LogP contribution >= 0.6 is 0 Å². The summed E-state index contributed by atoms with van der Waals surface area (Å²) in [5.74, 6) is 0.499. The molecule has 0 atom stereocenters. The van der Waals surface area contributed by atoms with Gasteiger partial charge in [-0.25, -0.2) is 0 Å². The Morgan fingerprint density at radius 2 is 2.14 bits per heavy atom. The van der Waals surface area contributed by atoms with Gasteiger partial charge in [0, 0.05) is 26.4 Å². The predicted molar refractivity (Wildman–Crippen MR) is 73.9 cm³/mol. The van der Waals surface area contributed by atoms with Gasteiger partial charge in [0.05, 0.1) is 11.3 Å². The molecule has 2 rings (SSSR count). The van der Waals surface area contributed by atoms with Gasteiger partial charge >= 0.3 is 6.18 Å². The van der Waals surface area contributed by atoms with Crippen molar-refractivity contribution in [2.45, 2.75) is 25.9 Å². The quantitative estimate of drug-likeness (QED) is 0.841. The number of amidine groups is 1. The maximum Gasteiger partial charge on any atom is 0.416 e. The standard InChI is InChI=1S/C14H16F3N3O/c1-3-13(21)19(2)12-7-8-20(18-12)11-6-4-5-10(9-11)14(15,16)17/h4-6,9H,3,7-8H2,1-2H3. The van der Waals surface area contributed by atoms with Crippen LogP contribution in [0.5, 0.6) is 0 Å². The van der Waals surface area contributed by atoms with E-state index in [-0.39, 0.29) is 5.91 Å². The number of benzene rings is 1. The molecular formula is C14H16F3N3O. The molecule has 0 saturated carbocycles. The van der Waals surface area contributed by atoms with E-state index in [1.807, 2.05) is 0 Å². The van der Waals surface area contributed by atoms with Crippen LogP contribution in [0.3, 0.4) is 0 Å². The van der Waals surface area contributed by atoms with Gasteiger partial charge in [-0.05, 0) is 18.2 Å². The molecule has 0 saturated heterocycles. The number of hydrogen-bond donors (Lipinski definition) is 0. The van der Waals surface area contributed by atoms with Crippen LogP contribution in [0.2, 0.25) is 0 Å². The summed E-state index contributed by atoms with van der Waals surface area (Å²) < 4.78 is 38.1. The highest BCUT2D eigenvalue weighted by atomic mass is 19.4. The zero-order valence-corrected chi connectivity index (χ0v) is 11.8. The molecule has 1 aliphatic rings. The fourth-order valence-electron chi connectivity index (χ4n) is 2.09. The Bertz CT molecular complexity index is 569. The molecule has 0 aromatic heterocycles. The number of alkyl halides is 3. The van der Waals surface area contributed by atoms with Crippen LogP contribution in [-0.2, 0) is 11.0 Å². The van der Waals surface area contributed by atoms with Gasteiger partial charge in [-0.15, -0.1) is 0 Å². The summed E-state index contributed by atoms with van der Waals surface area (Å²) in [7, 11) is 1.63. The largest absolute Gasteiger partial charge is 0.416 e. The Hall–Kier alpha value is -2.05. The van der Waals surface area contributed by atoms with Crippen LogP contribution in [0, 0.1) is 0 Å². The molecule has 0 radical (unpaired) electrons. The Balaban J connectivity index is 2.21. The highest BCUT2D eigenvalue weighted by Crippen LogP contribution is 2.32. The zero-order valence-electron chi connectivity index (χ0n) is 11.8. The average Bonchev–Trinajstić information content (AvgIpc) is 2.94. The molecule has 7 heteroatoms. The number of hydrogen-bond acceptors (Lipinski definition) is 3. The SMILES string of the molecule is CCC(=O)N(C)C1=NN(c2cccc(C(F)(F)F)c2)CC1. The average molecular weight is 299 g/mol. The van der Waals surface area contributed by atoms with Gasteiger partial charge in [-0.3, -0.25) is 9.80 Å². The van der Waals surface area contributed by atoms with Crippen LogP contribution in [0.15, 0.2) is 29.4 Å². The normalized spacial score (nSPS) is 15.1. The molecule has 114 valence electrons. The lowest BCUT2D eigenvalue weighted by atomic mass is 10.2. The van der Waals surface area contributed by atoms with Crippen molar-refractivity contribution in [1.29, 1.82) is 0 Å². The third kappa shape index (κ3) is 3.34. The molecule has 1 aliphatic heterocycles. The minimum atomic E-state index is -4.38. The number of nitrogens with zero attached hydrogens (tertiary/aromatic N) is 3. The smallest absolute Gasteiger partial charge is 0.302 e. The van der Waals surface area contributed by atoms with Crippen molar-refractivity contribution in [3.05, 3.63) is 29.8 Å². The summed E-state index contributed by atoms with van der Waals surface area (Å²) in [5.41, 5.74) is -0.334. The van der Waals surface area contributed by atoms with Crippen molar-refractivity contribution < 1.29 is 18.0 Å². The maximum absolute atomic E-state index is 12.7. The first kappa shape index (κ1) is 15.3. The van der Waals surface area contributed by atoms with Crippen LogP contribution in [0.25, 0.3) is 0 Å². The number of anilines is 1. The summed E-state index contributed by atoms with van der Waals surface area (Å²) in [6.45, 7) is 2.21. The van der Waals surface area contributed by atoms with Crippen molar-refractivity contribution in [3.63, 3.8) is 0 Å². The molecule has 1 aromatic rings. The van der Waals surface area contributed by atoms with E-state index in [1.54, 1.807) is 20.0 Å². The van der Waals surface area contributed by atoms with Crippen LogP contribution < -0.4 is 5.01 Å². The third-order valence-electron chi connectivity index (χ3n) is 3.32. The van der Waals surface area contributed by atoms with Gasteiger partial charge in [0.25, 0.3) is 0 Å². The first-order valence-corrected chi connectivity index (χ1v) is 6.61. The second-order valence-electron chi connectivity index (χ2n) is 4.74. The van der Waals surface area contributed by atoms with E-state index in [4.69, 9.17) is 0 Å². The van der Waals surface area contributed by atoms with Crippen molar-refractivity contribution >= 4 is 17.4 Å². The maximum atomic E-state index is 12.7. The van der Waals surface area contributed by atoms with Crippen molar-refractivity contribution in [2.75, 3.05) is 18.6 Å².